The first kappa shape index (κ1) is 12.5. The minimum absolute atomic E-state index is 0.0932. The molecule has 0 bridgehead atoms. The average molecular weight is 258 g/mol. The molecular weight excluding hydrogens is 236 g/mol. The summed E-state index contributed by atoms with van der Waals surface area (Å²) >= 11 is 0. The number of rotatable bonds is 2. The molecule has 2 aromatic rings. The van der Waals surface area contributed by atoms with Crippen molar-refractivity contribution < 1.29 is 4.74 Å². The van der Waals surface area contributed by atoms with Crippen molar-refractivity contribution in [3.05, 3.63) is 29.5 Å². The van der Waals surface area contributed by atoms with Crippen molar-refractivity contribution in [1.29, 1.82) is 0 Å². The third-order valence-corrected chi connectivity index (χ3v) is 4.61. The second-order valence-corrected chi connectivity index (χ2v) is 5.74. The molecule has 3 nitrogen and oxygen atoms in total. The lowest BCUT2D eigenvalue weighted by Gasteiger charge is -2.25. The predicted molar refractivity (Wildman–Crippen MR) is 78.8 cm³/mol. The molecule has 0 radical (unpaired) electrons. The predicted octanol–water partition coefficient (Wildman–Crippen LogP) is 3.09. The fourth-order valence-corrected chi connectivity index (χ4v) is 3.57. The summed E-state index contributed by atoms with van der Waals surface area (Å²) in [4.78, 5) is 0. The molecule has 0 amide bonds. The SMILES string of the molecule is COc1cccc2c(C3(C)CCCN3)c(C)n(C)c12. The second-order valence-electron chi connectivity index (χ2n) is 5.74. The topological polar surface area (TPSA) is 26.2 Å². The third kappa shape index (κ3) is 1.68. The Balaban J connectivity index is 2.34. The number of benzene rings is 1. The van der Waals surface area contributed by atoms with E-state index in [2.05, 4.69) is 42.9 Å². The first-order chi connectivity index (χ1) is 9.08. The normalized spacial score (nSPS) is 23.2. The molecule has 1 N–H and O–H groups in total. The monoisotopic (exact) mass is 258 g/mol. The van der Waals surface area contributed by atoms with E-state index in [4.69, 9.17) is 4.74 Å². The van der Waals surface area contributed by atoms with E-state index in [0.717, 1.165) is 12.3 Å². The van der Waals surface area contributed by atoms with Crippen LogP contribution in [-0.4, -0.2) is 18.2 Å². The summed E-state index contributed by atoms with van der Waals surface area (Å²) in [6.07, 6.45) is 2.44. The summed E-state index contributed by atoms with van der Waals surface area (Å²) in [7, 11) is 3.87. The molecule has 0 spiro atoms. The maximum atomic E-state index is 5.53. The zero-order valence-corrected chi connectivity index (χ0v) is 12.2. The van der Waals surface area contributed by atoms with E-state index >= 15 is 0 Å². The van der Waals surface area contributed by atoms with E-state index in [1.807, 2.05) is 6.07 Å². The van der Waals surface area contributed by atoms with Gasteiger partial charge in [0.1, 0.15) is 5.75 Å². The van der Waals surface area contributed by atoms with Crippen LogP contribution in [0.4, 0.5) is 0 Å². The van der Waals surface area contributed by atoms with Gasteiger partial charge < -0.3 is 14.6 Å². The number of para-hydroxylation sites is 1. The molecule has 2 heterocycles. The van der Waals surface area contributed by atoms with E-state index < -0.39 is 0 Å². The van der Waals surface area contributed by atoms with Gasteiger partial charge in [0, 0.05) is 29.2 Å². The van der Waals surface area contributed by atoms with Crippen LogP contribution in [0.5, 0.6) is 5.75 Å². The number of aromatic nitrogens is 1. The number of fused-ring (bicyclic) bond motifs is 1. The maximum Gasteiger partial charge on any atom is 0.143 e. The quantitative estimate of drug-likeness (QED) is 0.896. The van der Waals surface area contributed by atoms with Crippen LogP contribution in [0.1, 0.15) is 31.0 Å². The van der Waals surface area contributed by atoms with Gasteiger partial charge in [0.2, 0.25) is 0 Å². The average Bonchev–Trinajstić information content (AvgIpc) is 2.94. The van der Waals surface area contributed by atoms with Gasteiger partial charge in [0.15, 0.2) is 0 Å². The molecule has 3 rings (SSSR count). The van der Waals surface area contributed by atoms with E-state index in [1.165, 1.54) is 35.0 Å². The van der Waals surface area contributed by atoms with Gasteiger partial charge in [0.05, 0.1) is 12.6 Å². The highest BCUT2D eigenvalue weighted by Gasteiger charge is 2.35. The van der Waals surface area contributed by atoms with Gasteiger partial charge in [-0.15, -0.1) is 0 Å². The molecule has 0 aliphatic carbocycles. The van der Waals surface area contributed by atoms with Gasteiger partial charge >= 0.3 is 0 Å². The Kier molecular flexibility index (Phi) is 2.82. The zero-order chi connectivity index (χ0) is 13.6. The Hall–Kier alpha value is -1.48. The van der Waals surface area contributed by atoms with Crippen LogP contribution < -0.4 is 10.1 Å². The summed E-state index contributed by atoms with van der Waals surface area (Å²) in [5, 5.41) is 4.99. The summed E-state index contributed by atoms with van der Waals surface area (Å²) < 4.78 is 7.79. The largest absolute Gasteiger partial charge is 0.495 e. The van der Waals surface area contributed by atoms with E-state index in [0.29, 0.717) is 0 Å². The molecule has 1 aliphatic heterocycles. The third-order valence-electron chi connectivity index (χ3n) is 4.61. The number of nitrogens with zero attached hydrogens (tertiary/aromatic N) is 1. The second kappa shape index (κ2) is 4.27. The Morgan fingerprint density at radius 1 is 1.37 bits per heavy atom. The number of hydrogen-bond donors (Lipinski definition) is 1. The summed E-state index contributed by atoms with van der Waals surface area (Å²) in [5.74, 6) is 0.955. The molecule has 102 valence electrons. The Morgan fingerprint density at radius 2 is 2.16 bits per heavy atom. The highest BCUT2D eigenvalue weighted by atomic mass is 16.5. The van der Waals surface area contributed by atoms with Crippen molar-refractivity contribution in [3.63, 3.8) is 0 Å². The van der Waals surface area contributed by atoms with Crippen molar-refractivity contribution in [2.24, 2.45) is 7.05 Å². The molecule has 19 heavy (non-hydrogen) atoms. The van der Waals surface area contributed by atoms with Gasteiger partial charge in [-0.3, -0.25) is 0 Å². The Morgan fingerprint density at radius 3 is 2.79 bits per heavy atom. The lowest BCUT2D eigenvalue weighted by atomic mass is 9.88. The molecule has 1 aliphatic rings. The van der Waals surface area contributed by atoms with Crippen molar-refractivity contribution >= 4 is 10.9 Å². The molecule has 1 fully saturated rings. The molecule has 1 saturated heterocycles. The fraction of sp³-hybridized carbons (Fsp3) is 0.500. The van der Waals surface area contributed by atoms with Crippen LogP contribution >= 0.6 is 0 Å². The van der Waals surface area contributed by atoms with Crippen molar-refractivity contribution in [2.75, 3.05) is 13.7 Å². The van der Waals surface area contributed by atoms with E-state index in [9.17, 15) is 0 Å². The molecule has 3 heteroatoms. The molecule has 0 saturated carbocycles. The van der Waals surface area contributed by atoms with Crippen LogP contribution in [0, 0.1) is 6.92 Å². The first-order valence-electron chi connectivity index (χ1n) is 6.96. The number of nitrogens with one attached hydrogen (secondary N) is 1. The highest BCUT2D eigenvalue weighted by Crippen LogP contribution is 2.41. The van der Waals surface area contributed by atoms with Gasteiger partial charge in [-0.25, -0.2) is 0 Å². The lowest BCUT2D eigenvalue weighted by Crippen LogP contribution is -2.33. The summed E-state index contributed by atoms with van der Waals surface area (Å²) in [5.41, 5.74) is 4.06. The Labute approximate surface area is 114 Å². The van der Waals surface area contributed by atoms with E-state index in [-0.39, 0.29) is 5.54 Å². The number of hydrogen-bond acceptors (Lipinski definition) is 2. The van der Waals surface area contributed by atoms with Crippen molar-refractivity contribution in [3.8, 4) is 5.75 Å². The molecule has 1 aromatic carbocycles. The van der Waals surface area contributed by atoms with Crippen LogP contribution in [0.3, 0.4) is 0 Å². The van der Waals surface area contributed by atoms with Crippen LogP contribution in [0.2, 0.25) is 0 Å². The fourth-order valence-electron chi connectivity index (χ4n) is 3.57. The zero-order valence-electron chi connectivity index (χ0n) is 12.2. The Bertz CT molecular complexity index is 621. The smallest absolute Gasteiger partial charge is 0.143 e. The number of methoxy groups -OCH3 is 1. The van der Waals surface area contributed by atoms with Gasteiger partial charge in [0.25, 0.3) is 0 Å². The minimum atomic E-state index is 0.0932. The van der Waals surface area contributed by atoms with Crippen molar-refractivity contribution in [1.82, 2.24) is 9.88 Å². The molecule has 1 atom stereocenters. The number of aryl methyl sites for hydroxylation is 1. The van der Waals surface area contributed by atoms with Gasteiger partial charge in [-0.1, -0.05) is 12.1 Å². The van der Waals surface area contributed by atoms with Gasteiger partial charge in [-0.05, 0) is 39.3 Å². The van der Waals surface area contributed by atoms with Crippen LogP contribution in [0.15, 0.2) is 18.2 Å². The summed E-state index contributed by atoms with van der Waals surface area (Å²) in [6.45, 7) is 5.64. The molecule has 1 aromatic heterocycles. The minimum Gasteiger partial charge on any atom is -0.495 e. The van der Waals surface area contributed by atoms with E-state index in [1.54, 1.807) is 7.11 Å². The summed E-state index contributed by atoms with van der Waals surface area (Å²) in [6, 6.07) is 6.34. The first-order valence-corrected chi connectivity index (χ1v) is 6.96. The lowest BCUT2D eigenvalue weighted by molar-refractivity contribution is 0.418. The molecular formula is C16H22N2O. The standard InChI is InChI=1S/C16H22N2O/c1-11-14(16(2)9-6-10-17-16)12-7-5-8-13(19-4)15(12)18(11)3/h5,7-8,17H,6,9-10H2,1-4H3. The van der Waals surface area contributed by atoms with Gasteiger partial charge in [-0.2, -0.15) is 0 Å². The number of ether oxygens (including phenoxy) is 1. The van der Waals surface area contributed by atoms with Crippen LogP contribution in [0.25, 0.3) is 10.9 Å². The molecule has 1 unspecified atom stereocenters. The van der Waals surface area contributed by atoms with Crippen molar-refractivity contribution in [2.45, 2.75) is 32.2 Å². The van der Waals surface area contributed by atoms with Crippen LogP contribution in [-0.2, 0) is 12.6 Å². The maximum absolute atomic E-state index is 5.53. The highest BCUT2D eigenvalue weighted by molar-refractivity contribution is 5.91.